The van der Waals surface area contributed by atoms with Crippen molar-refractivity contribution in [3.63, 3.8) is 0 Å². The number of hydrogen-bond acceptors (Lipinski definition) is 3. The van der Waals surface area contributed by atoms with E-state index in [1.807, 2.05) is 42.5 Å². The lowest BCUT2D eigenvalue weighted by molar-refractivity contribution is -0.127. The molecule has 25 heavy (non-hydrogen) atoms. The maximum atomic E-state index is 12.2. The molecule has 128 valence electrons. The fourth-order valence-corrected chi connectivity index (χ4v) is 3.12. The first-order valence-electron chi connectivity index (χ1n) is 8.72. The summed E-state index contributed by atoms with van der Waals surface area (Å²) >= 11 is 0. The van der Waals surface area contributed by atoms with Crippen LogP contribution in [-0.2, 0) is 22.5 Å². The summed E-state index contributed by atoms with van der Waals surface area (Å²) < 4.78 is 5.47. The minimum Gasteiger partial charge on any atom is -0.370 e. The zero-order chi connectivity index (χ0) is 17.5. The summed E-state index contributed by atoms with van der Waals surface area (Å²) in [6.45, 7) is 2.01. The van der Waals surface area contributed by atoms with E-state index in [-0.39, 0.29) is 11.9 Å². The minimum atomic E-state index is -0.212. The molecule has 1 heterocycles. The number of carbonyl (C=O) groups is 1. The Morgan fingerprint density at radius 1 is 1.12 bits per heavy atom. The highest BCUT2D eigenvalue weighted by molar-refractivity contribution is 5.85. The zero-order valence-electron chi connectivity index (χ0n) is 14.4. The number of benzene rings is 2. The van der Waals surface area contributed by atoms with Crippen LogP contribution >= 0.6 is 0 Å². The van der Waals surface area contributed by atoms with E-state index < -0.39 is 0 Å². The predicted molar refractivity (Wildman–Crippen MR) is 100 cm³/mol. The van der Waals surface area contributed by atoms with Crippen molar-refractivity contribution in [1.29, 1.82) is 0 Å². The Kier molecular flexibility index (Phi) is 5.87. The fraction of sp³-hybridized carbons (Fsp3) is 0.318. The number of nitrogens with zero attached hydrogens (tertiary/aromatic N) is 1. The quantitative estimate of drug-likeness (QED) is 0.725. The number of ketones is 1. The molecule has 0 aromatic heterocycles. The summed E-state index contributed by atoms with van der Waals surface area (Å²) in [5, 5.41) is 0. The summed E-state index contributed by atoms with van der Waals surface area (Å²) in [7, 11) is 0. The van der Waals surface area contributed by atoms with Crippen molar-refractivity contribution in [3.05, 3.63) is 65.7 Å². The van der Waals surface area contributed by atoms with Gasteiger partial charge in [-0.05, 0) is 36.1 Å². The summed E-state index contributed by atoms with van der Waals surface area (Å²) in [6, 6.07) is 18.4. The number of rotatable bonds is 7. The molecular formula is C22H23NO2. The van der Waals surface area contributed by atoms with Crippen molar-refractivity contribution >= 4 is 11.5 Å². The van der Waals surface area contributed by atoms with Crippen molar-refractivity contribution < 1.29 is 9.53 Å². The summed E-state index contributed by atoms with van der Waals surface area (Å²) in [5.74, 6) is 2.90. The Balaban J connectivity index is 1.66. The van der Waals surface area contributed by atoms with Gasteiger partial charge in [0.1, 0.15) is 6.10 Å². The molecule has 3 rings (SSSR count). The molecule has 0 aliphatic carbocycles. The van der Waals surface area contributed by atoms with Crippen LogP contribution in [0.3, 0.4) is 0 Å². The first kappa shape index (κ1) is 17.3. The number of hydrogen-bond donors (Lipinski definition) is 0. The third kappa shape index (κ3) is 4.71. The second-order valence-corrected chi connectivity index (χ2v) is 6.36. The predicted octanol–water partition coefficient (Wildman–Crippen LogP) is 3.62. The maximum Gasteiger partial charge on any atom is 0.165 e. The first-order chi connectivity index (χ1) is 12.3. The molecule has 0 radical (unpaired) electrons. The number of anilines is 1. The average molecular weight is 333 g/mol. The van der Waals surface area contributed by atoms with Crippen molar-refractivity contribution in [1.82, 2.24) is 0 Å². The van der Waals surface area contributed by atoms with Gasteiger partial charge in [-0.25, -0.2) is 0 Å². The highest BCUT2D eigenvalue weighted by Crippen LogP contribution is 2.20. The lowest BCUT2D eigenvalue weighted by atomic mass is 10.0. The number of carbonyl (C=O) groups excluding carboxylic acids is 1. The number of terminal acetylenes is 1. The Labute approximate surface area is 149 Å². The Morgan fingerprint density at radius 2 is 1.88 bits per heavy atom. The van der Waals surface area contributed by atoms with Crippen LogP contribution in [0.25, 0.3) is 0 Å². The Bertz CT molecular complexity index is 725. The van der Waals surface area contributed by atoms with E-state index in [4.69, 9.17) is 11.2 Å². The van der Waals surface area contributed by atoms with Gasteiger partial charge in [-0.3, -0.25) is 4.79 Å². The van der Waals surface area contributed by atoms with Crippen LogP contribution in [-0.4, -0.2) is 25.0 Å². The van der Waals surface area contributed by atoms with Gasteiger partial charge >= 0.3 is 0 Å². The third-order valence-electron chi connectivity index (χ3n) is 4.47. The van der Waals surface area contributed by atoms with Gasteiger partial charge in [0.2, 0.25) is 0 Å². The first-order valence-corrected chi connectivity index (χ1v) is 8.72. The van der Waals surface area contributed by atoms with Crippen LogP contribution in [0.15, 0.2) is 54.6 Å². The Hall–Kier alpha value is -2.57. The maximum absolute atomic E-state index is 12.2. The molecule has 1 unspecified atom stereocenters. The second-order valence-electron chi connectivity index (χ2n) is 6.36. The van der Waals surface area contributed by atoms with Crippen LogP contribution in [0.4, 0.5) is 5.69 Å². The van der Waals surface area contributed by atoms with Crippen LogP contribution in [0, 0.1) is 12.3 Å². The molecule has 1 aliphatic heterocycles. The molecule has 3 heteroatoms. The van der Waals surface area contributed by atoms with Crippen LogP contribution in [0.1, 0.15) is 24.0 Å². The van der Waals surface area contributed by atoms with E-state index in [1.165, 1.54) is 5.56 Å². The Morgan fingerprint density at radius 3 is 2.52 bits per heavy atom. The molecule has 1 aliphatic rings. The zero-order valence-corrected chi connectivity index (χ0v) is 14.4. The van der Waals surface area contributed by atoms with E-state index in [2.05, 4.69) is 23.0 Å². The summed E-state index contributed by atoms with van der Waals surface area (Å²) in [6.07, 6.45) is 7.59. The van der Waals surface area contributed by atoms with Gasteiger partial charge in [0.15, 0.2) is 5.78 Å². The smallest absolute Gasteiger partial charge is 0.165 e. The van der Waals surface area contributed by atoms with E-state index >= 15 is 0 Å². The van der Waals surface area contributed by atoms with Crippen molar-refractivity contribution in [2.75, 3.05) is 18.1 Å². The fourth-order valence-electron chi connectivity index (χ4n) is 3.12. The lowest BCUT2D eigenvalue weighted by Gasteiger charge is -2.23. The molecule has 1 fully saturated rings. The van der Waals surface area contributed by atoms with E-state index in [0.717, 1.165) is 30.6 Å². The second kappa shape index (κ2) is 8.50. The molecule has 2 aromatic carbocycles. The molecule has 3 nitrogen and oxygen atoms in total. The van der Waals surface area contributed by atoms with Gasteiger partial charge < -0.3 is 9.64 Å². The lowest BCUT2D eigenvalue weighted by Crippen LogP contribution is -2.23. The van der Waals surface area contributed by atoms with Crippen LogP contribution < -0.4 is 4.90 Å². The topological polar surface area (TPSA) is 29.5 Å². The summed E-state index contributed by atoms with van der Waals surface area (Å²) in [5.41, 5.74) is 3.30. The average Bonchev–Trinajstić information content (AvgIpc) is 3.18. The standard InChI is InChI=1S/C22H23NO2/c1-2-14-23(17-19-7-4-3-5-8-19)20-12-10-18(11-13-20)16-21(24)22-9-6-15-25-22/h1,3-5,7-8,10-13,22H,6,9,14-17H2. The third-order valence-corrected chi connectivity index (χ3v) is 4.47. The molecule has 1 saturated heterocycles. The monoisotopic (exact) mass is 333 g/mol. The SMILES string of the molecule is C#CCN(Cc1ccccc1)c1ccc(CC(=O)C2CCCO2)cc1. The van der Waals surface area contributed by atoms with Gasteiger partial charge in [-0.2, -0.15) is 0 Å². The molecule has 0 saturated carbocycles. The number of ether oxygens (including phenoxy) is 1. The molecule has 0 spiro atoms. The summed E-state index contributed by atoms with van der Waals surface area (Å²) in [4.78, 5) is 14.4. The van der Waals surface area contributed by atoms with Gasteiger partial charge in [0.25, 0.3) is 0 Å². The molecule has 0 amide bonds. The largest absolute Gasteiger partial charge is 0.370 e. The van der Waals surface area contributed by atoms with Gasteiger partial charge in [0.05, 0.1) is 6.54 Å². The normalized spacial score (nSPS) is 16.4. The molecule has 0 bridgehead atoms. The molecule has 1 atom stereocenters. The van der Waals surface area contributed by atoms with Gasteiger partial charge in [0, 0.05) is 25.3 Å². The molecule has 2 aromatic rings. The molecule has 0 N–H and O–H groups in total. The van der Waals surface area contributed by atoms with E-state index in [0.29, 0.717) is 19.6 Å². The van der Waals surface area contributed by atoms with Crippen molar-refractivity contribution in [2.45, 2.75) is 31.9 Å². The highest BCUT2D eigenvalue weighted by Gasteiger charge is 2.23. The van der Waals surface area contributed by atoms with Crippen LogP contribution in [0.2, 0.25) is 0 Å². The van der Waals surface area contributed by atoms with Crippen molar-refractivity contribution in [3.8, 4) is 12.3 Å². The van der Waals surface area contributed by atoms with Gasteiger partial charge in [-0.15, -0.1) is 6.42 Å². The van der Waals surface area contributed by atoms with E-state index in [9.17, 15) is 4.79 Å². The molecular weight excluding hydrogens is 310 g/mol. The van der Waals surface area contributed by atoms with E-state index in [1.54, 1.807) is 0 Å². The number of Topliss-reactive ketones (excluding diaryl/α,β-unsaturated/α-hetero) is 1. The minimum absolute atomic E-state index is 0.176. The van der Waals surface area contributed by atoms with Gasteiger partial charge in [-0.1, -0.05) is 48.4 Å². The van der Waals surface area contributed by atoms with Crippen LogP contribution in [0.5, 0.6) is 0 Å². The highest BCUT2D eigenvalue weighted by atomic mass is 16.5. The van der Waals surface area contributed by atoms with Crippen molar-refractivity contribution in [2.24, 2.45) is 0 Å².